The summed E-state index contributed by atoms with van der Waals surface area (Å²) >= 11 is 6.08. The van der Waals surface area contributed by atoms with Crippen LogP contribution in [-0.4, -0.2) is 12.7 Å². The molecule has 1 aliphatic rings. The van der Waals surface area contributed by atoms with Crippen molar-refractivity contribution in [2.45, 2.75) is 26.8 Å². The number of carbonyl (C=O) groups excluding carboxylic acids is 1. The Labute approximate surface area is 110 Å². The van der Waals surface area contributed by atoms with Crippen molar-refractivity contribution in [3.63, 3.8) is 0 Å². The first-order valence-electron chi connectivity index (χ1n) is 5.71. The predicted molar refractivity (Wildman–Crippen MR) is 67.2 cm³/mol. The molecule has 0 spiro atoms. The average Bonchev–Trinajstić information content (AvgIpc) is 2.29. The summed E-state index contributed by atoms with van der Waals surface area (Å²) in [4.78, 5) is 11.3. The van der Waals surface area contributed by atoms with Crippen LogP contribution in [0.4, 0.5) is 9.18 Å². The zero-order chi connectivity index (χ0) is 13.5. The molecule has 1 aliphatic heterocycles. The lowest BCUT2D eigenvalue weighted by Crippen LogP contribution is -2.47. The second-order valence-electron chi connectivity index (χ2n) is 5.23. The van der Waals surface area contributed by atoms with Crippen molar-refractivity contribution in [1.29, 1.82) is 0 Å². The number of nitrogens with one attached hydrogen (secondary N) is 1. The maximum Gasteiger partial charge on any atom is 0.407 e. The van der Waals surface area contributed by atoms with Crippen molar-refractivity contribution in [3.8, 4) is 0 Å². The molecule has 1 amide bonds. The molecule has 1 aromatic rings. The fraction of sp³-hybridized carbons (Fsp3) is 0.462. The first-order valence-corrected chi connectivity index (χ1v) is 6.08. The van der Waals surface area contributed by atoms with Crippen LogP contribution in [0.15, 0.2) is 12.1 Å². The highest BCUT2D eigenvalue weighted by Gasteiger charge is 2.40. The van der Waals surface area contributed by atoms with Crippen molar-refractivity contribution in [1.82, 2.24) is 5.32 Å². The standard InChI is InChI=1S/C13H15ClFNO2/c1-7-4-5-8(14)9(10(7)15)11-13(2,3)6-18-12(17)16-11/h4-5,11H,6H2,1-3H3,(H,16,17)/t11-/m1/s1. The van der Waals surface area contributed by atoms with Crippen molar-refractivity contribution < 1.29 is 13.9 Å². The van der Waals surface area contributed by atoms with Gasteiger partial charge in [0.25, 0.3) is 0 Å². The number of alkyl carbamates (subject to hydrolysis) is 1. The predicted octanol–water partition coefficient (Wildman–Crippen LogP) is 3.59. The summed E-state index contributed by atoms with van der Waals surface area (Å²) in [6.07, 6.45) is -0.545. The Hall–Kier alpha value is -1.29. The normalized spacial score (nSPS) is 22.3. The lowest BCUT2D eigenvalue weighted by Gasteiger charge is -2.39. The van der Waals surface area contributed by atoms with E-state index in [1.165, 1.54) is 0 Å². The number of cyclic esters (lactones) is 1. The summed E-state index contributed by atoms with van der Waals surface area (Å²) in [5.41, 5.74) is 0.413. The van der Waals surface area contributed by atoms with Gasteiger partial charge in [0.15, 0.2) is 0 Å². The fourth-order valence-electron chi connectivity index (χ4n) is 2.10. The molecule has 5 heteroatoms. The zero-order valence-electron chi connectivity index (χ0n) is 10.5. The Morgan fingerprint density at radius 1 is 1.50 bits per heavy atom. The third-order valence-electron chi connectivity index (χ3n) is 3.23. The smallest absolute Gasteiger partial charge is 0.407 e. The Kier molecular flexibility index (Phi) is 3.23. The number of ether oxygens (including phenoxy) is 1. The van der Waals surface area contributed by atoms with Crippen LogP contribution in [0.25, 0.3) is 0 Å². The molecule has 2 rings (SSSR count). The number of hydrogen-bond donors (Lipinski definition) is 1. The number of rotatable bonds is 1. The van der Waals surface area contributed by atoms with Crippen molar-refractivity contribution >= 4 is 17.7 Å². The van der Waals surface area contributed by atoms with E-state index in [0.29, 0.717) is 16.1 Å². The minimum absolute atomic E-state index is 0.229. The van der Waals surface area contributed by atoms with Crippen molar-refractivity contribution in [2.24, 2.45) is 5.41 Å². The minimum Gasteiger partial charge on any atom is -0.449 e. The monoisotopic (exact) mass is 271 g/mol. The van der Waals surface area contributed by atoms with E-state index in [0.717, 1.165) is 0 Å². The van der Waals surface area contributed by atoms with Crippen LogP contribution in [0, 0.1) is 18.2 Å². The topological polar surface area (TPSA) is 38.3 Å². The molecule has 1 heterocycles. The Bertz CT molecular complexity index is 502. The van der Waals surface area contributed by atoms with E-state index in [1.807, 2.05) is 13.8 Å². The molecule has 0 aromatic heterocycles. The van der Waals surface area contributed by atoms with Crippen LogP contribution in [0.3, 0.4) is 0 Å². The van der Waals surface area contributed by atoms with Crippen molar-refractivity contribution in [3.05, 3.63) is 34.1 Å². The summed E-state index contributed by atoms with van der Waals surface area (Å²) < 4.78 is 19.2. The first kappa shape index (κ1) is 13.1. The molecule has 18 heavy (non-hydrogen) atoms. The third kappa shape index (κ3) is 2.17. The van der Waals surface area contributed by atoms with E-state index in [2.05, 4.69) is 5.32 Å². The van der Waals surface area contributed by atoms with Crippen LogP contribution in [0.1, 0.15) is 31.0 Å². The molecule has 0 bridgehead atoms. The van der Waals surface area contributed by atoms with Gasteiger partial charge in [-0.25, -0.2) is 9.18 Å². The second kappa shape index (κ2) is 4.43. The number of aryl methyl sites for hydroxylation is 1. The van der Waals surface area contributed by atoms with Gasteiger partial charge in [0.2, 0.25) is 0 Å². The van der Waals surface area contributed by atoms with Gasteiger partial charge in [-0.05, 0) is 18.6 Å². The molecule has 98 valence electrons. The summed E-state index contributed by atoms with van der Waals surface area (Å²) in [7, 11) is 0. The van der Waals surface area contributed by atoms with Gasteiger partial charge < -0.3 is 10.1 Å². The zero-order valence-corrected chi connectivity index (χ0v) is 11.3. The van der Waals surface area contributed by atoms with Crippen LogP contribution < -0.4 is 5.32 Å². The maximum atomic E-state index is 14.2. The molecule has 1 saturated heterocycles. The third-order valence-corrected chi connectivity index (χ3v) is 3.56. The fourth-order valence-corrected chi connectivity index (χ4v) is 2.35. The summed E-state index contributed by atoms with van der Waals surface area (Å²) in [6.45, 7) is 5.70. The maximum absolute atomic E-state index is 14.2. The van der Waals surface area contributed by atoms with Gasteiger partial charge >= 0.3 is 6.09 Å². The van der Waals surface area contributed by atoms with E-state index in [-0.39, 0.29) is 12.4 Å². The molecular formula is C13H15ClFNO2. The lowest BCUT2D eigenvalue weighted by atomic mass is 9.80. The summed E-state index contributed by atoms with van der Waals surface area (Å²) in [6, 6.07) is 2.77. The molecule has 1 aromatic carbocycles. The molecule has 0 aliphatic carbocycles. The molecule has 1 atom stereocenters. The van der Waals surface area contributed by atoms with Gasteiger partial charge in [0, 0.05) is 16.0 Å². The largest absolute Gasteiger partial charge is 0.449 e. The van der Waals surface area contributed by atoms with Crippen LogP contribution in [0.2, 0.25) is 5.02 Å². The van der Waals surface area contributed by atoms with Gasteiger partial charge in [0.05, 0.1) is 6.04 Å². The number of benzene rings is 1. The average molecular weight is 272 g/mol. The van der Waals surface area contributed by atoms with E-state index in [4.69, 9.17) is 16.3 Å². The first-order chi connectivity index (χ1) is 8.33. The van der Waals surface area contributed by atoms with Gasteiger partial charge in [0.1, 0.15) is 12.4 Å². The summed E-state index contributed by atoms with van der Waals surface area (Å²) in [5.74, 6) is -0.372. The van der Waals surface area contributed by atoms with E-state index >= 15 is 0 Å². The van der Waals surface area contributed by atoms with Gasteiger partial charge in [-0.15, -0.1) is 0 Å². The van der Waals surface area contributed by atoms with Crippen molar-refractivity contribution in [2.75, 3.05) is 6.61 Å². The molecule has 1 N–H and O–H groups in total. The van der Waals surface area contributed by atoms with Gasteiger partial charge in [-0.3, -0.25) is 0 Å². The van der Waals surface area contributed by atoms with Crippen LogP contribution in [0.5, 0.6) is 0 Å². The van der Waals surface area contributed by atoms with Gasteiger partial charge in [-0.2, -0.15) is 0 Å². The SMILES string of the molecule is Cc1ccc(Cl)c([C@H]2NC(=O)OCC2(C)C)c1F. The lowest BCUT2D eigenvalue weighted by molar-refractivity contribution is 0.0378. The second-order valence-corrected chi connectivity index (χ2v) is 5.64. The molecule has 0 radical (unpaired) electrons. The number of halogens is 2. The minimum atomic E-state index is -0.545. The Morgan fingerprint density at radius 3 is 2.83 bits per heavy atom. The molecule has 1 fully saturated rings. The van der Waals surface area contributed by atoms with Crippen LogP contribution in [-0.2, 0) is 4.74 Å². The highest BCUT2D eigenvalue weighted by molar-refractivity contribution is 6.31. The van der Waals surface area contributed by atoms with Crippen LogP contribution >= 0.6 is 11.6 Å². The number of amides is 1. The van der Waals surface area contributed by atoms with E-state index in [1.54, 1.807) is 19.1 Å². The number of hydrogen-bond acceptors (Lipinski definition) is 2. The van der Waals surface area contributed by atoms with Gasteiger partial charge in [-0.1, -0.05) is 31.5 Å². The van der Waals surface area contributed by atoms with E-state index < -0.39 is 17.6 Å². The molecular weight excluding hydrogens is 257 g/mol. The Morgan fingerprint density at radius 2 is 2.17 bits per heavy atom. The Balaban J connectivity index is 2.52. The highest BCUT2D eigenvalue weighted by Crippen LogP contribution is 2.40. The summed E-state index contributed by atoms with van der Waals surface area (Å²) in [5, 5.41) is 2.96. The molecule has 0 saturated carbocycles. The van der Waals surface area contributed by atoms with E-state index in [9.17, 15) is 9.18 Å². The molecule has 0 unspecified atom stereocenters. The quantitative estimate of drug-likeness (QED) is 0.848. The molecule has 3 nitrogen and oxygen atoms in total. The highest BCUT2D eigenvalue weighted by atomic mass is 35.5. The number of carbonyl (C=O) groups is 1.